The Labute approximate surface area is 224 Å². The van der Waals surface area contributed by atoms with E-state index >= 15 is 0 Å². The Morgan fingerprint density at radius 3 is 2.32 bits per heavy atom. The van der Waals surface area contributed by atoms with E-state index in [0.717, 1.165) is 22.0 Å². The first-order chi connectivity index (χ1) is 17.7. The molecule has 0 heterocycles. The molecule has 0 unspecified atom stereocenters. The molecule has 3 aromatic carbocycles. The first-order valence-corrected chi connectivity index (χ1v) is 14.0. The van der Waals surface area contributed by atoms with E-state index in [2.05, 4.69) is 5.32 Å². The van der Waals surface area contributed by atoms with Gasteiger partial charge in [-0.1, -0.05) is 35.9 Å². The number of anilines is 1. The van der Waals surface area contributed by atoms with Gasteiger partial charge in [-0.05, 0) is 87.7 Å². The predicted octanol–water partition coefficient (Wildman–Crippen LogP) is 5.47. The lowest BCUT2D eigenvalue weighted by molar-refractivity contribution is -0.119. The van der Waals surface area contributed by atoms with Gasteiger partial charge in [0.15, 0.2) is 0 Å². The second kappa shape index (κ2) is 13.4. The minimum Gasteiger partial charge on any atom is -0.492 e. The summed E-state index contributed by atoms with van der Waals surface area (Å²) in [6.45, 7) is 6.14. The van der Waals surface area contributed by atoms with Crippen LogP contribution in [-0.2, 0) is 21.2 Å². The third kappa shape index (κ3) is 8.13. The Morgan fingerprint density at radius 2 is 1.68 bits per heavy atom. The molecule has 1 amide bonds. The summed E-state index contributed by atoms with van der Waals surface area (Å²) in [7, 11) is -4.07. The van der Waals surface area contributed by atoms with Crippen LogP contribution < -0.4 is 19.1 Å². The molecule has 0 saturated heterocycles. The first-order valence-electron chi connectivity index (χ1n) is 12.2. The number of nitrogens with zero attached hydrogens (tertiary/aromatic N) is 1. The van der Waals surface area contributed by atoms with Crippen LogP contribution in [0.1, 0.15) is 32.8 Å². The Hall–Kier alpha value is -3.23. The smallest absolute Gasteiger partial charge is 0.264 e. The van der Waals surface area contributed by atoms with Gasteiger partial charge in [-0.2, -0.15) is 0 Å². The molecular formula is C28H33ClN2O5S. The van der Waals surface area contributed by atoms with Gasteiger partial charge in [-0.25, -0.2) is 8.42 Å². The van der Waals surface area contributed by atoms with Gasteiger partial charge in [0.2, 0.25) is 5.91 Å². The summed E-state index contributed by atoms with van der Waals surface area (Å²) >= 11 is 5.95. The Bertz CT molecular complexity index is 1260. The number of para-hydroxylation sites is 2. The maximum atomic E-state index is 13.6. The number of aryl methyl sites for hydroxylation is 1. The van der Waals surface area contributed by atoms with E-state index in [0.29, 0.717) is 30.3 Å². The zero-order chi connectivity index (χ0) is 26.8. The molecule has 0 fully saturated rings. The van der Waals surface area contributed by atoms with Gasteiger partial charge in [0, 0.05) is 11.6 Å². The highest BCUT2D eigenvalue weighted by molar-refractivity contribution is 7.92. The largest absolute Gasteiger partial charge is 0.492 e. The highest BCUT2D eigenvalue weighted by Crippen LogP contribution is 2.32. The van der Waals surface area contributed by atoms with Gasteiger partial charge in [0.1, 0.15) is 18.0 Å². The van der Waals surface area contributed by atoms with Crippen molar-refractivity contribution in [3.63, 3.8) is 0 Å². The van der Waals surface area contributed by atoms with Crippen molar-refractivity contribution >= 4 is 33.2 Å². The Morgan fingerprint density at radius 1 is 1.00 bits per heavy atom. The monoisotopic (exact) mass is 544 g/mol. The Kier molecular flexibility index (Phi) is 10.2. The molecule has 0 aliphatic carbocycles. The molecular weight excluding hydrogens is 512 g/mol. The summed E-state index contributed by atoms with van der Waals surface area (Å²) in [6, 6.07) is 20.5. The molecule has 9 heteroatoms. The van der Waals surface area contributed by atoms with Crippen molar-refractivity contribution in [3.05, 3.63) is 83.4 Å². The number of halogens is 1. The number of amides is 1. The Balaban J connectivity index is 1.69. The maximum absolute atomic E-state index is 13.6. The van der Waals surface area contributed by atoms with Crippen LogP contribution in [0, 0.1) is 0 Å². The zero-order valence-electron chi connectivity index (χ0n) is 21.3. The second-order valence-electron chi connectivity index (χ2n) is 8.63. The summed E-state index contributed by atoms with van der Waals surface area (Å²) in [6.07, 6.45) is 1.59. The van der Waals surface area contributed by atoms with E-state index < -0.39 is 22.5 Å². The lowest BCUT2D eigenvalue weighted by atomic mass is 10.1. The highest BCUT2D eigenvalue weighted by atomic mass is 35.5. The molecule has 198 valence electrons. The van der Waals surface area contributed by atoms with Crippen LogP contribution in [0.5, 0.6) is 11.5 Å². The summed E-state index contributed by atoms with van der Waals surface area (Å²) in [4.78, 5) is 12.9. The van der Waals surface area contributed by atoms with E-state index in [4.69, 9.17) is 21.1 Å². The number of sulfonamides is 1. The second-order valence-corrected chi connectivity index (χ2v) is 10.9. The van der Waals surface area contributed by atoms with Crippen molar-refractivity contribution in [3.8, 4) is 11.5 Å². The van der Waals surface area contributed by atoms with Gasteiger partial charge >= 0.3 is 0 Å². The quantitative estimate of drug-likeness (QED) is 0.288. The molecule has 0 aliphatic heterocycles. The van der Waals surface area contributed by atoms with Crippen LogP contribution in [0.4, 0.5) is 5.69 Å². The molecule has 0 aromatic heterocycles. The van der Waals surface area contributed by atoms with Crippen molar-refractivity contribution in [1.29, 1.82) is 0 Å². The molecule has 3 rings (SSSR count). The molecule has 0 spiro atoms. The van der Waals surface area contributed by atoms with Crippen LogP contribution in [0.3, 0.4) is 0 Å². The lowest BCUT2D eigenvalue weighted by Gasteiger charge is -2.26. The van der Waals surface area contributed by atoms with Gasteiger partial charge in [0.25, 0.3) is 10.0 Å². The van der Waals surface area contributed by atoms with Gasteiger partial charge in [-0.15, -0.1) is 0 Å². The number of carbonyl (C=O) groups excluding carboxylic acids is 1. The fourth-order valence-electron chi connectivity index (χ4n) is 3.69. The summed E-state index contributed by atoms with van der Waals surface area (Å²) < 4.78 is 39.6. The van der Waals surface area contributed by atoms with Crippen LogP contribution >= 0.6 is 11.6 Å². The van der Waals surface area contributed by atoms with Crippen molar-refractivity contribution < 1.29 is 22.7 Å². The molecule has 0 bridgehead atoms. The van der Waals surface area contributed by atoms with E-state index in [-0.39, 0.29) is 16.7 Å². The number of benzene rings is 3. The molecule has 7 nitrogen and oxygen atoms in total. The van der Waals surface area contributed by atoms with E-state index in [1.165, 1.54) is 24.3 Å². The number of carbonyl (C=O) groups is 1. The van der Waals surface area contributed by atoms with Crippen molar-refractivity contribution in [2.24, 2.45) is 0 Å². The van der Waals surface area contributed by atoms with Gasteiger partial charge < -0.3 is 14.8 Å². The number of ether oxygens (including phenoxy) is 2. The molecule has 0 atom stereocenters. The number of hydrogen-bond donors (Lipinski definition) is 1. The van der Waals surface area contributed by atoms with E-state index in [1.54, 1.807) is 24.3 Å². The summed E-state index contributed by atoms with van der Waals surface area (Å²) in [5.74, 6) is 0.783. The van der Waals surface area contributed by atoms with Crippen LogP contribution in [-0.4, -0.2) is 40.1 Å². The van der Waals surface area contributed by atoms with Crippen molar-refractivity contribution in [2.45, 2.75) is 44.6 Å². The molecule has 1 N–H and O–H groups in total. The number of hydrogen-bond acceptors (Lipinski definition) is 5. The predicted molar refractivity (Wildman–Crippen MR) is 147 cm³/mol. The average Bonchev–Trinajstić information content (AvgIpc) is 2.87. The minimum atomic E-state index is -4.07. The number of nitrogens with one attached hydrogen (secondary N) is 1. The number of rotatable bonds is 13. The van der Waals surface area contributed by atoms with Crippen LogP contribution in [0.25, 0.3) is 0 Å². The molecule has 0 aliphatic rings. The van der Waals surface area contributed by atoms with Gasteiger partial charge in [0.05, 0.1) is 23.3 Å². The summed E-state index contributed by atoms with van der Waals surface area (Å²) in [5.41, 5.74) is 1.42. The third-order valence-corrected chi connectivity index (χ3v) is 7.41. The van der Waals surface area contributed by atoms with Crippen molar-refractivity contribution in [1.82, 2.24) is 5.32 Å². The van der Waals surface area contributed by atoms with Crippen LogP contribution in [0.15, 0.2) is 77.7 Å². The topological polar surface area (TPSA) is 84.9 Å². The SMILES string of the molecule is CCOc1ccccc1N(CC(=O)NCCCc1ccc(OC(C)C)cc1)S(=O)(=O)c1ccc(Cl)cc1. The molecule has 37 heavy (non-hydrogen) atoms. The standard InChI is InChI=1S/C28H33ClN2O5S/c1-4-35-27-10-6-5-9-26(27)31(37(33,34)25-17-13-23(29)14-18-25)20-28(32)30-19-7-8-22-11-15-24(16-12-22)36-21(2)3/h5-6,9-18,21H,4,7-8,19-20H2,1-3H3,(H,30,32). The fourth-order valence-corrected chi connectivity index (χ4v) is 5.25. The minimum absolute atomic E-state index is 0.0286. The van der Waals surface area contributed by atoms with Crippen molar-refractivity contribution in [2.75, 3.05) is 24.0 Å². The average molecular weight is 545 g/mol. The summed E-state index contributed by atoms with van der Waals surface area (Å²) in [5, 5.41) is 3.26. The maximum Gasteiger partial charge on any atom is 0.264 e. The zero-order valence-corrected chi connectivity index (χ0v) is 22.9. The third-order valence-electron chi connectivity index (χ3n) is 5.38. The van der Waals surface area contributed by atoms with E-state index in [1.807, 2.05) is 45.0 Å². The molecule has 0 radical (unpaired) electrons. The lowest BCUT2D eigenvalue weighted by Crippen LogP contribution is -2.41. The van der Waals surface area contributed by atoms with E-state index in [9.17, 15) is 13.2 Å². The van der Waals surface area contributed by atoms with Crippen LogP contribution in [0.2, 0.25) is 5.02 Å². The highest BCUT2D eigenvalue weighted by Gasteiger charge is 2.29. The normalized spacial score (nSPS) is 11.3. The fraction of sp³-hybridized carbons (Fsp3) is 0.321. The molecule has 3 aromatic rings. The van der Waals surface area contributed by atoms with Gasteiger partial charge in [-0.3, -0.25) is 9.10 Å². The molecule has 0 saturated carbocycles. The first kappa shape index (κ1) is 28.3.